The van der Waals surface area contributed by atoms with Crippen molar-refractivity contribution in [1.29, 1.82) is 0 Å². The van der Waals surface area contributed by atoms with Gasteiger partial charge in [0.05, 0.1) is 19.3 Å². The number of morpholine rings is 1. The molecule has 2 unspecified atom stereocenters. The van der Waals surface area contributed by atoms with Crippen LogP contribution in [-0.4, -0.2) is 66.1 Å². The minimum absolute atomic E-state index is 0.110. The fourth-order valence-corrected chi connectivity index (χ4v) is 4.08. The second-order valence-electron chi connectivity index (χ2n) is 8.04. The Morgan fingerprint density at radius 2 is 2.13 bits per heavy atom. The van der Waals surface area contributed by atoms with Gasteiger partial charge in [-0.2, -0.15) is 4.98 Å². The number of guanidine groups is 1. The third-order valence-corrected chi connectivity index (χ3v) is 5.63. The van der Waals surface area contributed by atoms with Gasteiger partial charge in [0.1, 0.15) is 6.10 Å². The van der Waals surface area contributed by atoms with Crippen molar-refractivity contribution >= 4 is 5.96 Å². The molecule has 0 saturated carbocycles. The number of hydrogen-bond acceptors (Lipinski definition) is 6. The summed E-state index contributed by atoms with van der Waals surface area (Å²) in [5, 5.41) is 7.50. The minimum Gasteiger partial charge on any atom is -0.375 e. The number of benzene rings is 1. The zero-order chi connectivity index (χ0) is 21.5. The zero-order valence-electron chi connectivity index (χ0n) is 18.5. The molecule has 168 valence electrons. The van der Waals surface area contributed by atoms with Crippen LogP contribution in [0, 0.1) is 0 Å². The van der Waals surface area contributed by atoms with Crippen LogP contribution in [0.15, 0.2) is 33.8 Å². The van der Waals surface area contributed by atoms with E-state index in [1.54, 1.807) is 0 Å². The summed E-state index contributed by atoms with van der Waals surface area (Å²) in [4.78, 5) is 11.7. The van der Waals surface area contributed by atoms with Crippen LogP contribution in [0.25, 0.3) is 11.5 Å². The molecule has 1 N–H and O–H groups in total. The van der Waals surface area contributed by atoms with E-state index in [1.807, 2.05) is 12.1 Å². The molecule has 8 nitrogen and oxygen atoms in total. The highest BCUT2D eigenvalue weighted by molar-refractivity contribution is 5.80. The minimum atomic E-state index is 0.110. The highest BCUT2D eigenvalue weighted by Gasteiger charge is 2.32. The van der Waals surface area contributed by atoms with E-state index in [0.717, 1.165) is 74.8 Å². The van der Waals surface area contributed by atoms with Crippen LogP contribution >= 0.6 is 0 Å². The van der Waals surface area contributed by atoms with Crippen molar-refractivity contribution in [3.05, 3.63) is 35.7 Å². The normalized spacial score (nSPS) is 22.1. The molecule has 4 rings (SSSR count). The van der Waals surface area contributed by atoms with Crippen LogP contribution in [0.3, 0.4) is 0 Å². The van der Waals surface area contributed by atoms with E-state index < -0.39 is 0 Å². The summed E-state index contributed by atoms with van der Waals surface area (Å²) in [6, 6.07) is 8.16. The monoisotopic (exact) mass is 427 g/mol. The van der Waals surface area contributed by atoms with Crippen LogP contribution in [0.4, 0.5) is 0 Å². The first-order chi connectivity index (χ1) is 15.3. The lowest BCUT2D eigenvalue weighted by molar-refractivity contribution is -0.0817. The molecule has 2 atom stereocenters. The van der Waals surface area contributed by atoms with Crippen molar-refractivity contribution in [1.82, 2.24) is 20.4 Å². The van der Waals surface area contributed by atoms with Crippen LogP contribution in [0.5, 0.6) is 0 Å². The number of aryl methyl sites for hydroxylation is 1. The van der Waals surface area contributed by atoms with Gasteiger partial charge >= 0.3 is 0 Å². The van der Waals surface area contributed by atoms with E-state index >= 15 is 0 Å². The Bertz CT molecular complexity index is 862. The standard InChI is InChI=1S/C23H33N5O3/c1-3-7-21-26-22(31-27-21)18-9-5-8-17(14-18)15-25-23(24-4-2)28-11-13-30-20(16-28)19-10-6-12-29-19/h5,8-9,14,19-20H,3-4,6-7,10-13,15-16H2,1-2H3,(H,24,25). The molecule has 8 heteroatoms. The molecule has 0 radical (unpaired) electrons. The van der Waals surface area contributed by atoms with Crippen LogP contribution in [0.2, 0.25) is 0 Å². The predicted octanol–water partition coefficient (Wildman–Crippen LogP) is 3.03. The second-order valence-corrected chi connectivity index (χ2v) is 8.04. The molecule has 1 aromatic carbocycles. The lowest BCUT2D eigenvalue weighted by Crippen LogP contribution is -2.53. The molecular formula is C23H33N5O3. The maximum Gasteiger partial charge on any atom is 0.257 e. The smallest absolute Gasteiger partial charge is 0.257 e. The number of ether oxygens (including phenoxy) is 2. The molecular weight excluding hydrogens is 394 g/mol. The lowest BCUT2D eigenvalue weighted by atomic mass is 10.1. The van der Waals surface area contributed by atoms with E-state index in [9.17, 15) is 0 Å². The van der Waals surface area contributed by atoms with Crippen molar-refractivity contribution in [2.45, 2.75) is 58.3 Å². The molecule has 31 heavy (non-hydrogen) atoms. The first-order valence-electron chi connectivity index (χ1n) is 11.4. The summed E-state index contributed by atoms with van der Waals surface area (Å²) < 4.78 is 17.3. The van der Waals surface area contributed by atoms with Crippen LogP contribution in [-0.2, 0) is 22.4 Å². The summed E-state index contributed by atoms with van der Waals surface area (Å²) in [7, 11) is 0. The highest BCUT2D eigenvalue weighted by Crippen LogP contribution is 2.22. The van der Waals surface area contributed by atoms with E-state index in [1.165, 1.54) is 0 Å². The van der Waals surface area contributed by atoms with E-state index in [4.69, 9.17) is 19.0 Å². The van der Waals surface area contributed by atoms with Gasteiger partial charge in [-0.1, -0.05) is 24.2 Å². The Balaban J connectivity index is 1.44. The fourth-order valence-electron chi connectivity index (χ4n) is 4.08. The quantitative estimate of drug-likeness (QED) is 0.537. The number of hydrogen-bond donors (Lipinski definition) is 1. The number of aliphatic imine (C=N–C) groups is 1. The maximum absolute atomic E-state index is 5.99. The Labute approximate surface area is 184 Å². The van der Waals surface area contributed by atoms with Gasteiger partial charge in [-0.25, -0.2) is 4.99 Å². The molecule has 2 aliphatic rings. The highest BCUT2D eigenvalue weighted by atomic mass is 16.5. The molecule has 2 fully saturated rings. The number of aromatic nitrogens is 2. The number of nitrogens with zero attached hydrogens (tertiary/aromatic N) is 4. The Morgan fingerprint density at radius 1 is 1.23 bits per heavy atom. The van der Waals surface area contributed by atoms with Gasteiger partial charge in [0.15, 0.2) is 11.8 Å². The van der Waals surface area contributed by atoms with Gasteiger partial charge in [-0.3, -0.25) is 0 Å². The van der Waals surface area contributed by atoms with Crippen molar-refractivity contribution in [2.75, 3.05) is 32.8 Å². The zero-order valence-corrected chi connectivity index (χ0v) is 18.5. The van der Waals surface area contributed by atoms with Crippen molar-refractivity contribution in [3.8, 4) is 11.5 Å². The maximum atomic E-state index is 5.99. The number of rotatable bonds is 7. The largest absolute Gasteiger partial charge is 0.375 e. The third kappa shape index (κ3) is 5.62. The second kappa shape index (κ2) is 10.7. The summed E-state index contributed by atoms with van der Waals surface area (Å²) in [6.45, 7) is 8.77. The topological polar surface area (TPSA) is 85.0 Å². The molecule has 1 aromatic heterocycles. The van der Waals surface area contributed by atoms with Crippen LogP contribution < -0.4 is 5.32 Å². The average molecular weight is 428 g/mol. The van der Waals surface area contributed by atoms with Gasteiger partial charge in [0.2, 0.25) is 0 Å². The van der Waals surface area contributed by atoms with Gasteiger partial charge in [0, 0.05) is 38.2 Å². The molecule has 2 aliphatic heterocycles. The number of nitrogens with one attached hydrogen (secondary N) is 1. The predicted molar refractivity (Wildman–Crippen MR) is 119 cm³/mol. The van der Waals surface area contributed by atoms with Crippen LogP contribution in [0.1, 0.15) is 44.5 Å². The Morgan fingerprint density at radius 3 is 2.94 bits per heavy atom. The van der Waals surface area contributed by atoms with E-state index in [2.05, 4.69) is 46.3 Å². The third-order valence-electron chi connectivity index (χ3n) is 5.63. The molecule has 2 aromatic rings. The molecule has 3 heterocycles. The van der Waals surface area contributed by atoms with Crippen molar-refractivity contribution in [3.63, 3.8) is 0 Å². The van der Waals surface area contributed by atoms with Crippen molar-refractivity contribution < 1.29 is 14.0 Å². The molecule has 0 aliphatic carbocycles. The summed E-state index contributed by atoms with van der Waals surface area (Å²) in [5.41, 5.74) is 2.03. The average Bonchev–Trinajstić information content (AvgIpc) is 3.50. The van der Waals surface area contributed by atoms with Gasteiger partial charge in [-0.15, -0.1) is 0 Å². The first kappa shape index (κ1) is 21.8. The van der Waals surface area contributed by atoms with E-state index in [-0.39, 0.29) is 12.2 Å². The molecule has 2 saturated heterocycles. The summed E-state index contributed by atoms with van der Waals surface area (Å²) >= 11 is 0. The summed E-state index contributed by atoms with van der Waals surface area (Å²) in [5.74, 6) is 2.24. The van der Waals surface area contributed by atoms with E-state index in [0.29, 0.717) is 19.0 Å². The first-order valence-corrected chi connectivity index (χ1v) is 11.4. The van der Waals surface area contributed by atoms with Gasteiger partial charge in [0.25, 0.3) is 5.89 Å². The van der Waals surface area contributed by atoms with Gasteiger partial charge < -0.3 is 24.2 Å². The molecule has 0 amide bonds. The Hall–Kier alpha value is -2.45. The SMILES string of the molecule is CCCc1noc(-c2cccc(CN=C(NCC)N3CCOC(C4CCCO4)C3)c2)n1. The summed E-state index contributed by atoms with van der Waals surface area (Å²) in [6.07, 6.45) is 4.33. The molecule has 0 spiro atoms. The fraction of sp³-hybridized carbons (Fsp3) is 0.609. The molecule has 0 bridgehead atoms. The lowest BCUT2D eigenvalue weighted by Gasteiger charge is -2.37. The van der Waals surface area contributed by atoms with Gasteiger partial charge in [-0.05, 0) is 43.9 Å². The Kier molecular flexibility index (Phi) is 7.53. The van der Waals surface area contributed by atoms with Crippen molar-refractivity contribution in [2.24, 2.45) is 4.99 Å².